The van der Waals surface area contributed by atoms with Gasteiger partial charge in [-0.25, -0.2) is 4.39 Å². The Morgan fingerprint density at radius 3 is 2.69 bits per heavy atom. The van der Waals surface area contributed by atoms with Crippen molar-refractivity contribution in [3.8, 4) is 0 Å². The number of hydrogen-bond acceptors (Lipinski definition) is 2. The maximum Gasteiger partial charge on any atom is 0.164 e. The van der Waals surface area contributed by atoms with E-state index in [1.54, 1.807) is 12.1 Å². The lowest BCUT2D eigenvalue weighted by atomic mass is 10.2. The fourth-order valence-corrected chi connectivity index (χ4v) is 1.63. The fourth-order valence-electron chi connectivity index (χ4n) is 1.45. The minimum Gasteiger partial charge on any atom is -0.396 e. The number of nitrogens with one attached hydrogen (secondary N) is 1. The molecule has 0 aliphatic rings. The Balaban J connectivity index is 2.24. The van der Waals surface area contributed by atoms with E-state index in [-0.39, 0.29) is 17.4 Å². The van der Waals surface area contributed by atoms with Crippen LogP contribution >= 0.6 is 11.6 Å². The molecular weight excluding hydrogens is 229 g/mol. The zero-order valence-corrected chi connectivity index (χ0v) is 9.93. The van der Waals surface area contributed by atoms with Crippen LogP contribution in [0, 0.1) is 5.82 Å². The Morgan fingerprint density at radius 1 is 1.19 bits per heavy atom. The number of anilines is 1. The number of aliphatic hydroxyl groups is 1. The maximum absolute atomic E-state index is 13.4. The first-order valence-corrected chi connectivity index (χ1v) is 5.92. The molecule has 0 heterocycles. The molecule has 1 rings (SSSR count). The Kier molecular flexibility index (Phi) is 6.19. The van der Waals surface area contributed by atoms with E-state index in [9.17, 15) is 4.39 Å². The van der Waals surface area contributed by atoms with E-state index in [0.29, 0.717) is 5.69 Å². The van der Waals surface area contributed by atoms with Gasteiger partial charge in [-0.15, -0.1) is 0 Å². The SMILES string of the molecule is OCCCCCCNc1cccc(Cl)c1F. The minimum atomic E-state index is -0.389. The molecule has 1 aromatic rings. The van der Waals surface area contributed by atoms with Crippen molar-refractivity contribution >= 4 is 17.3 Å². The van der Waals surface area contributed by atoms with Gasteiger partial charge in [0.25, 0.3) is 0 Å². The number of hydrogen-bond donors (Lipinski definition) is 2. The van der Waals surface area contributed by atoms with Crippen molar-refractivity contribution in [2.45, 2.75) is 25.7 Å². The van der Waals surface area contributed by atoms with E-state index in [0.717, 1.165) is 32.2 Å². The van der Waals surface area contributed by atoms with E-state index in [2.05, 4.69) is 5.32 Å². The lowest BCUT2D eigenvalue weighted by molar-refractivity contribution is 0.283. The molecule has 0 aromatic heterocycles. The average Bonchev–Trinajstić information content (AvgIpc) is 2.29. The van der Waals surface area contributed by atoms with Gasteiger partial charge < -0.3 is 10.4 Å². The number of benzene rings is 1. The molecule has 16 heavy (non-hydrogen) atoms. The van der Waals surface area contributed by atoms with E-state index in [1.807, 2.05) is 0 Å². The van der Waals surface area contributed by atoms with E-state index in [1.165, 1.54) is 6.07 Å². The van der Waals surface area contributed by atoms with Crippen LogP contribution in [0.2, 0.25) is 5.02 Å². The average molecular weight is 246 g/mol. The lowest BCUT2D eigenvalue weighted by Gasteiger charge is -2.07. The van der Waals surface area contributed by atoms with E-state index >= 15 is 0 Å². The van der Waals surface area contributed by atoms with Gasteiger partial charge in [0, 0.05) is 13.2 Å². The summed E-state index contributed by atoms with van der Waals surface area (Å²) in [6.07, 6.45) is 3.85. The third kappa shape index (κ3) is 4.37. The number of halogens is 2. The highest BCUT2D eigenvalue weighted by molar-refractivity contribution is 6.31. The van der Waals surface area contributed by atoms with E-state index in [4.69, 9.17) is 16.7 Å². The second-order valence-electron chi connectivity index (χ2n) is 3.67. The summed E-state index contributed by atoms with van der Waals surface area (Å²) in [5.41, 5.74) is 0.453. The molecule has 90 valence electrons. The van der Waals surface area contributed by atoms with Crippen LogP contribution in [0.4, 0.5) is 10.1 Å². The van der Waals surface area contributed by atoms with Crippen LogP contribution in [0.3, 0.4) is 0 Å². The third-order valence-corrected chi connectivity index (χ3v) is 2.64. The van der Waals surface area contributed by atoms with Crippen LogP contribution in [0.15, 0.2) is 18.2 Å². The third-order valence-electron chi connectivity index (χ3n) is 2.35. The minimum absolute atomic E-state index is 0.144. The number of unbranched alkanes of at least 4 members (excludes halogenated alkanes) is 3. The van der Waals surface area contributed by atoms with Crippen LogP contribution in [-0.4, -0.2) is 18.3 Å². The van der Waals surface area contributed by atoms with Gasteiger partial charge in [0.1, 0.15) is 0 Å². The molecule has 0 saturated heterocycles. The molecule has 4 heteroatoms. The molecule has 0 amide bonds. The van der Waals surface area contributed by atoms with Gasteiger partial charge >= 0.3 is 0 Å². The van der Waals surface area contributed by atoms with Gasteiger partial charge in [-0.05, 0) is 25.0 Å². The van der Waals surface area contributed by atoms with Crippen molar-refractivity contribution in [3.05, 3.63) is 29.0 Å². The van der Waals surface area contributed by atoms with Gasteiger partial charge in [0.2, 0.25) is 0 Å². The zero-order chi connectivity index (χ0) is 11.8. The van der Waals surface area contributed by atoms with Crippen molar-refractivity contribution in [2.75, 3.05) is 18.5 Å². The molecule has 0 fully saturated rings. The molecule has 0 aliphatic heterocycles. The second-order valence-corrected chi connectivity index (χ2v) is 4.07. The summed E-state index contributed by atoms with van der Waals surface area (Å²) in [5, 5.41) is 11.7. The molecule has 2 N–H and O–H groups in total. The molecular formula is C12H17ClFNO. The maximum atomic E-state index is 13.4. The van der Waals surface area contributed by atoms with Crippen LogP contribution < -0.4 is 5.32 Å². The molecule has 2 nitrogen and oxygen atoms in total. The van der Waals surface area contributed by atoms with Crippen molar-refractivity contribution < 1.29 is 9.50 Å². The number of rotatable bonds is 7. The Labute approximate surface area is 100 Å². The highest BCUT2D eigenvalue weighted by Gasteiger charge is 2.04. The first kappa shape index (κ1) is 13.3. The lowest BCUT2D eigenvalue weighted by Crippen LogP contribution is -2.03. The summed E-state index contributed by atoms with van der Waals surface area (Å²) in [5.74, 6) is -0.389. The topological polar surface area (TPSA) is 32.3 Å². The molecule has 0 unspecified atom stereocenters. The Bertz CT molecular complexity index is 320. The van der Waals surface area contributed by atoms with Crippen LogP contribution in [0.5, 0.6) is 0 Å². The normalized spacial score (nSPS) is 10.4. The summed E-state index contributed by atoms with van der Waals surface area (Å²) in [4.78, 5) is 0. The van der Waals surface area contributed by atoms with Gasteiger partial charge in [0.05, 0.1) is 10.7 Å². The quantitative estimate of drug-likeness (QED) is 0.722. The summed E-state index contributed by atoms with van der Waals surface area (Å²) >= 11 is 5.65. The van der Waals surface area contributed by atoms with Gasteiger partial charge in [0.15, 0.2) is 5.82 Å². The van der Waals surface area contributed by atoms with Crippen molar-refractivity contribution in [1.82, 2.24) is 0 Å². The predicted molar refractivity (Wildman–Crippen MR) is 65.5 cm³/mol. The van der Waals surface area contributed by atoms with Gasteiger partial charge in [-0.1, -0.05) is 30.5 Å². The highest BCUT2D eigenvalue weighted by atomic mass is 35.5. The number of aliphatic hydroxyl groups excluding tert-OH is 1. The van der Waals surface area contributed by atoms with Crippen molar-refractivity contribution in [2.24, 2.45) is 0 Å². The largest absolute Gasteiger partial charge is 0.396 e. The molecule has 0 aliphatic carbocycles. The molecule has 0 bridgehead atoms. The van der Waals surface area contributed by atoms with E-state index < -0.39 is 0 Å². The predicted octanol–water partition coefficient (Wildman–Crippen LogP) is 3.44. The monoisotopic (exact) mass is 245 g/mol. The van der Waals surface area contributed by atoms with Gasteiger partial charge in [-0.3, -0.25) is 0 Å². The second kappa shape index (κ2) is 7.47. The molecule has 0 atom stereocenters. The highest BCUT2D eigenvalue weighted by Crippen LogP contribution is 2.21. The Hall–Kier alpha value is -0.800. The molecule has 0 radical (unpaired) electrons. The summed E-state index contributed by atoms with van der Waals surface area (Å²) in [6, 6.07) is 4.93. The van der Waals surface area contributed by atoms with Gasteiger partial charge in [-0.2, -0.15) is 0 Å². The first-order chi connectivity index (χ1) is 7.75. The van der Waals surface area contributed by atoms with Crippen LogP contribution in [0.1, 0.15) is 25.7 Å². The Morgan fingerprint density at radius 2 is 1.94 bits per heavy atom. The van der Waals surface area contributed by atoms with Crippen molar-refractivity contribution in [3.63, 3.8) is 0 Å². The summed E-state index contributed by atoms with van der Waals surface area (Å²) in [6.45, 7) is 0.971. The standard InChI is InChI=1S/C12H17ClFNO/c13-10-6-5-7-11(12(10)14)15-8-3-1-2-4-9-16/h5-7,15-16H,1-4,8-9H2. The van der Waals surface area contributed by atoms with Crippen LogP contribution in [0.25, 0.3) is 0 Å². The molecule has 0 spiro atoms. The van der Waals surface area contributed by atoms with Crippen molar-refractivity contribution in [1.29, 1.82) is 0 Å². The summed E-state index contributed by atoms with van der Waals surface area (Å²) < 4.78 is 13.4. The smallest absolute Gasteiger partial charge is 0.164 e. The molecule has 0 saturated carbocycles. The summed E-state index contributed by atoms with van der Waals surface area (Å²) in [7, 11) is 0. The fraction of sp³-hybridized carbons (Fsp3) is 0.500. The molecule has 1 aromatic carbocycles. The first-order valence-electron chi connectivity index (χ1n) is 5.54. The zero-order valence-electron chi connectivity index (χ0n) is 9.18. The van der Waals surface area contributed by atoms with Crippen LogP contribution in [-0.2, 0) is 0 Å².